The first-order valence-electron chi connectivity index (χ1n) is 6.61. The number of anilines is 2. The lowest BCUT2D eigenvalue weighted by Crippen LogP contribution is -2.14. The highest BCUT2D eigenvalue weighted by molar-refractivity contribution is 6.30. The molecule has 0 aliphatic carbocycles. The first-order chi connectivity index (χ1) is 10.1. The van der Waals surface area contributed by atoms with E-state index in [0.717, 1.165) is 5.56 Å². The lowest BCUT2D eigenvalue weighted by Gasteiger charge is -2.07. The zero-order valence-electron chi connectivity index (χ0n) is 11.5. The molecular weight excluding hydrogens is 288 g/mol. The van der Waals surface area contributed by atoms with Crippen LogP contribution in [-0.2, 0) is 16.1 Å². The Labute approximate surface area is 128 Å². The molecule has 0 heterocycles. The summed E-state index contributed by atoms with van der Waals surface area (Å²) in [5.41, 5.74) is 7.98. The van der Waals surface area contributed by atoms with Crippen molar-refractivity contribution in [2.75, 3.05) is 17.7 Å². The number of benzene rings is 2. The largest absolute Gasteiger partial charge is 0.399 e. The van der Waals surface area contributed by atoms with Crippen LogP contribution in [0.5, 0.6) is 0 Å². The van der Waals surface area contributed by atoms with E-state index in [2.05, 4.69) is 5.32 Å². The van der Waals surface area contributed by atoms with Gasteiger partial charge in [-0.1, -0.05) is 29.8 Å². The molecule has 2 aromatic carbocycles. The lowest BCUT2D eigenvalue weighted by molar-refractivity contribution is -0.117. The molecule has 0 saturated carbocycles. The number of hydrogen-bond acceptors (Lipinski definition) is 3. The summed E-state index contributed by atoms with van der Waals surface area (Å²) < 4.78 is 5.46. The maximum absolute atomic E-state index is 11.7. The van der Waals surface area contributed by atoms with Crippen LogP contribution >= 0.6 is 11.6 Å². The minimum Gasteiger partial charge on any atom is -0.399 e. The van der Waals surface area contributed by atoms with Gasteiger partial charge in [-0.3, -0.25) is 4.79 Å². The van der Waals surface area contributed by atoms with E-state index >= 15 is 0 Å². The second-order valence-corrected chi connectivity index (χ2v) is 5.04. The van der Waals surface area contributed by atoms with Crippen LogP contribution in [0.25, 0.3) is 0 Å². The Kier molecular flexibility index (Phi) is 5.60. The molecule has 2 aromatic rings. The van der Waals surface area contributed by atoms with Gasteiger partial charge in [-0.05, 0) is 35.9 Å². The van der Waals surface area contributed by atoms with Crippen molar-refractivity contribution in [2.45, 2.75) is 13.0 Å². The van der Waals surface area contributed by atoms with Crippen LogP contribution < -0.4 is 11.1 Å². The summed E-state index contributed by atoms with van der Waals surface area (Å²) in [6.45, 7) is 0.819. The van der Waals surface area contributed by atoms with Crippen molar-refractivity contribution in [2.24, 2.45) is 0 Å². The molecule has 0 atom stereocenters. The standard InChI is InChI=1S/C16H17ClN2O2/c17-13-6-4-12(5-7-13)11-21-9-8-16(20)19-15-3-1-2-14(18)10-15/h1-7,10H,8-9,11,18H2,(H,19,20). The number of carbonyl (C=O) groups excluding carboxylic acids is 1. The van der Waals surface area contributed by atoms with Gasteiger partial charge in [0.1, 0.15) is 0 Å². The zero-order valence-corrected chi connectivity index (χ0v) is 12.3. The van der Waals surface area contributed by atoms with Gasteiger partial charge in [0.2, 0.25) is 5.91 Å². The zero-order chi connectivity index (χ0) is 15.1. The van der Waals surface area contributed by atoms with E-state index in [1.807, 2.05) is 24.3 Å². The number of hydrogen-bond donors (Lipinski definition) is 2. The van der Waals surface area contributed by atoms with E-state index in [4.69, 9.17) is 22.1 Å². The monoisotopic (exact) mass is 304 g/mol. The van der Waals surface area contributed by atoms with Crippen molar-refractivity contribution in [1.29, 1.82) is 0 Å². The molecule has 0 spiro atoms. The lowest BCUT2D eigenvalue weighted by atomic mass is 10.2. The second kappa shape index (κ2) is 7.67. The number of ether oxygens (including phenoxy) is 1. The van der Waals surface area contributed by atoms with E-state index in [1.54, 1.807) is 24.3 Å². The Morgan fingerprint density at radius 2 is 1.95 bits per heavy atom. The third-order valence-electron chi connectivity index (χ3n) is 2.83. The molecule has 0 unspecified atom stereocenters. The Morgan fingerprint density at radius 1 is 1.19 bits per heavy atom. The maximum Gasteiger partial charge on any atom is 0.226 e. The number of nitrogens with two attached hydrogens (primary N) is 1. The fourth-order valence-electron chi connectivity index (χ4n) is 1.78. The van der Waals surface area contributed by atoms with Gasteiger partial charge in [0.05, 0.1) is 19.6 Å². The van der Waals surface area contributed by atoms with E-state index in [0.29, 0.717) is 36.0 Å². The van der Waals surface area contributed by atoms with Crippen LogP contribution in [0.3, 0.4) is 0 Å². The summed E-state index contributed by atoms with van der Waals surface area (Å²) in [6.07, 6.45) is 0.294. The highest BCUT2D eigenvalue weighted by Crippen LogP contribution is 2.12. The number of amides is 1. The average molecular weight is 305 g/mol. The van der Waals surface area contributed by atoms with Gasteiger partial charge in [0.15, 0.2) is 0 Å². The summed E-state index contributed by atoms with van der Waals surface area (Å²) in [5.74, 6) is -0.100. The Morgan fingerprint density at radius 3 is 2.67 bits per heavy atom. The topological polar surface area (TPSA) is 64.3 Å². The molecule has 4 nitrogen and oxygen atoms in total. The highest BCUT2D eigenvalue weighted by atomic mass is 35.5. The van der Waals surface area contributed by atoms with Gasteiger partial charge in [-0.15, -0.1) is 0 Å². The van der Waals surface area contributed by atoms with Gasteiger partial charge < -0.3 is 15.8 Å². The van der Waals surface area contributed by atoms with Crippen LogP contribution in [-0.4, -0.2) is 12.5 Å². The Balaban J connectivity index is 1.68. The Bertz CT molecular complexity index is 599. The van der Waals surface area contributed by atoms with E-state index in [1.165, 1.54) is 0 Å². The van der Waals surface area contributed by atoms with E-state index < -0.39 is 0 Å². The van der Waals surface area contributed by atoms with E-state index in [-0.39, 0.29) is 5.91 Å². The van der Waals surface area contributed by atoms with Crippen LogP contribution in [0, 0.1) is 0 Å². The van der Waals surface area contributed by atoms with Gasteiger partial charge >= 0.3 is 0 Å². The van der Waals surface area contributed by atoms with Crippen molar-refractivity contribution >= 4 is 28.9 Å². The average Bonchev–Trinajstić information content (AvgIpc) is 2.45. The van der Waals surface area contributed by atoms with Crippen LogP contribution in [0.2, 0.25) is 5.02 Å². The van der Waals surface area contributed by atoms with Crippen molar-refractivity contribution in [3.05, 3.63) is 59.1 Å². The summed E-state index contributed by atoms with van der Waals surface area (Å²) in [6, 6.07) is 14.5. The van der Waals surface area contributed by atoms with Crippen LogP contribution in [0.4, 0.5) is 11.4 Å². The number of nitrogens with one attached hydrogen (secondary N) is 1. The van der Waals surface area contributed by atoms with Crippen molar-refractivity contribution in [3.63, 3.8) is 0 Å². The van der Waals surface area contributed by atoms with Gasteiger partial charge in [0, 0.05) is 16.4 Å². The smallest absolute Gasteiger partial charge is 0.226 e. The first kappa shape index (κ1) is 15.4. The number of rotatable bonds is 6. The maximum atomic E-state index is 11.7. The summed E-state index contributed by atoms with van der Waals surface area (Å²) in [4.78, 5) is 11.7. The number of nitrogen functional groups attached to an aromatic ring is 1. The van der Waals surface area contributed by atoms with Crippen molar-refractivity contribution in [1.82, 2.24) is 0 Å². The number of carbonyl (C=O) groups is 1. The molecule has 21 heavy (non-hydrogen) atoms. The highest BCUT2D eigenvalue weighted by Gasteiger charge is 2.03. The molecule has 2 rings (SSSR count). The van der Waals surface area contributed by atoms with Crippen LogP contribution in [0.1, 0.15) is 12.0 Å². The SMILES string of the molecule is Nc1cccc(NC(=O)CCOCc2ccc(Cl)cc2)c1. The Hall–Kier alpha value is -2.04. The molecule has 0 aliphatic heterocycles. The van der Waals surface area contributed by atoms with Crippen LogP contribution in [0.15, 0.2) is 48.5 Å². The number of halogens is 1. The minimum absolute atomic E-state index is 0.100. The molecule has 0 bridgehead atoms. The second-order valence-electron chi connectivity index (χ2n) is 4.60. The fourth-order valence-corrected chi connectivity index (χ4v) is 1.90. The molecule has 1 amide bonds. The quantitative estimate of drug-likeness (QED) is 0.634. The summed E-state index contributed by atoms with van der Waals surface area (Å²) >= 11 is 5.80. The molecule has 5 heteroatoms. The molecule has 0 saturated heterocycles. The third kappa shape index (κ3) is 5.45. The molecule has 0 fully saturated rings. The predicted octanol–water partition coefficient (Wildman–Crippen LogP) is 3.47. The normalized spacial score (nSPS) is 10.3. The van der Waals surface area contributed by atoms with Gasteiger partial charge in [-0.25, -0.2) is 0 Å². The van der Waals surface area contributed by atoms with Crippen molar-refractivity contribution < 1.29 is 9.53 Å². The molecule has 3 N–H and O–H groups in total. The molecule has 0 radical (unpaired) electrons. The first-order valence-corrected chi connectivity index (χ1v) is 6.99. The van der Waals surface area contributed by atoms with Crippen molar-refractivity contribution in [3.8, 4) is 0 Å². The molecule has 0 aromatic heterocycles. The van der Waals surface area contributed by atoms with Gasteiger partial charge in [-0.2, -0.15) is 0 Å². The summed E-state index contributed by atoms with van der Waals surface area (Å²) in [7, 11) is 0. The molecule has 110 valence electrons. The van der Waals surface area contributed by atoms with Gasteiger partial charge in [0.25, 0.3) is 0 Å². The summed E-state index contributed by atoms with van der Waals surface area (Å²) in [5, 5.41) is 3.47. The molecular formula is C16H17ClN2O2. The minimum atomic E-state index is -0.100. The fraction of sp³-hybridized carbons (Fsp3) is 0.188. The van der Waals surface area contributed by atoms with E-state index in [9.17, 15) is 4.79 Å². The third-order valence-corrected chi connectivity index (χ3v) is 3.08. The molecule has 0 aliphatic rings. The predicted molar refractivity (Wildman–Crippen MR) is 85.2 cm³/mol.